The third-order valence-corrected chi connectivity index (χ3v) is 5.82. The lowest BCUT2D eigenvalue weighted by Gasteiger charge is -2.11. The number of benzene rings is 2. The molecule has 1 aliphatic carbocycles. The Balaban J connectivity index is 1.33. The van der Waals surface area contributed by atoms with Gasteiger partial charge in [0.2, 0.25) is 17.7 Å². The molecule has 158 valence electrons. The molecule has 1 aromatic heterocycles. The summed E-state index contributed by atoms with van der Waals surface area (Å²) in [5, 5.41) is 11.3. The summed E-state index contributed by atoms with van der Waals surface area (Å²) >= 11 is 0. The van der Waals surface area contributed by atoms with E-state index in [9.17, 15) is 9.59 Å². The maximum Gasteiger partial charge on any atom is 0.251 e. The van der Waals surface area contributed by atoms with Crippen molar-refractivity contribution in [3.8, 4) is 22.6 Å². The SMILES string of the molecule is Cc1ccc(C(=O)NC2CC2)cc1-c1ccc(-c2nnc(CN3CCCC3=O)o2)cc1. The van der Waals surface area contributed by atoms with Crippen LogP contribution in [0.25, 0.3) is 22.6 Å². The second-order valence-corrected chi connectivity index (χ2v) is 8.27. The highest BCUT2D eigenvalue weighted by molar-refractivity contribution is 5.96. The number of aromatic nitrogens is 2. The molecule has 2 aliphatic rings. The average Bonchev–Trinajstić information content (AvgIpc) is 3.31. The van der Waals surface area contributed by atoms with Gasteiger partial charge in [-0.3, -0.25) is 9.59 Å². The Morgan fingerprint density at radius 1 is 1.13 bits per heavy atom. The summed E-state index contributed by atoms with van der Waals surface area (Å²) in [6, 6.07) is 14.0. The Morgan fingerprint density at radius 2 is 1.90 bits per heavy atom. The number of nitrogens with one attached hydrogen (secondary N) is 1. The van der Waals surface area contributed by atoms with Crippen LogP contribution in [0.2, 0.25) is 0 Å². The van der Waals surface area contributed by atoms with Crippen LogP contribution in [0.15, 0.2) is 46.9 Å². The normalized spacial score (nSPS) is 16.0. The van der Waals surface area contributed by atoms with Crippen molar-refractivity contribution in [3.05, 3.63) is 59.5 Å². The molecule has 1 saturated carbocycles. The van der Waals surface area contributed by atoms with Gasteiger partial charge in [0.05, 0.1) is 6.54 Å². The first-order valence-corrected chi connectivity index (χ1v) is 10.7. The Bertz CT molecular complexity index is 1130. The van der Waals surface area contributed by atoms with Gasteiger partial charge in [-0.15, -0.1) is 10.2 Å². The second-order valence-electron chi connectivity index (χ2n) is 8.27. The molecule has 31 heavy (non-hydrogen) atoms. The Morgan fingerprint density at radius 3 is 2.61 bits per heavy atom. The van der Waals surface area contributed by atoms with Gasteiger partial charge in [-0.25, -0.2) is 0 Å². The molecular weight excluding hydrogens is 392 g/mol. The highest BCUT2D eigenvalue weighted by Gasteiger charge is 2.24. The van der Waals surface area contributed by atoms with E-state index in [2.05, 4.69) is 15.5 Å². The summed E-state index contributed by atoms with van der Waals surface area (Å²) in [5.74, 6) is 0.991. The van der Waals surface area contributed by atoms with E-state index in [4.69, 9.17) is 4.42 Å². The van der Waals surface area contributed by atoms with Gasteiger partial charge >= 0.3 is 0 Å². The summed E-state index contributed by atoms with van der Waals surface area (Å²) in [6.07, 6.45) is 3.60. The molecule has 2 fully saturated rings. The van der Waals surface area contributed by atoms with E-state index in [0.717, 1.165) is 48.1 Å². The molecule has 5 rings (SSSR count). The van der Waals surface area contributed by atoms with Crippen molar-refractivity contribution in [2.24, 2.45) is 0 Å². The first kappa shape index (κ1) is 19.5. The maximum atomic E-state index is 12.4. The molecule has 0 spiro atoms. The van der Waals surface area contributed by atoms with Crippen LogP contribution in [0.3, 0.4) is 0 Å². The fourth-order valence-corrected chi connectivity index (χ4v) is 3.83. The molecular formula is C24H24N4O3. The van der Waals surface area contributed by atoms with E-state index < -0.39 is 0 Å². The first-order valence-electron chi connectivity index (χ1n) is 10.7. The molecule has 1 saturated heterocycles. The van der Waals surface area contributed by atoms with Crippen molar-refractivity contribution in [2.45, 2.75) is 45.2 Å². The van der Waals surface area contributed by atoms with Gasteiger partial charge in [0, 0.05) is 30.1 Å². The summed E-state index contributed by atoms with van der Waals surface area (Å²) < 4.78 is 5.77. The smallest absolute Gasteiger partial charge is 0.251 e. The number of nitrogens with zero attached hydrogens (tertiary/aromatic N) is 3. The van der Waals surface area contributed by atoms with E-state index in [1.54, 1.807) is 4.90 Å². The lowest BCUT2D eigenvalue weighted by Crippen LogP contribution is -2.25. The van der Waals surface area contributed by atoms with Crippen molar-refractivity contribution in [3.63, 3.8) is 0 Å². The number of hydrogen-bond acceptors (Lipinski definition) is 5. The third-order valence-electron chi connectivity index (χ3n) is 5.82. The zero-order valence-electron chi connectivity index (χ0n) is 17.4. The quantitative estimate of drug-likeness (QED) is 0.662. The molecule has 2 aromatic carbocycles. The van der Waals surface area contributed by atoms with E-state index in [1.165, 1.54) is 0 Å². The van der Waals surface area contributed by atoms with Crippen LogP contribution in [-0.4, -0.2) is 39.5 Å². The first-order chi connectivity index (χ1) is 15.1. The largest absolute Gasteiger partial charge is 0.419 e. The minimum atomic E-state index is -0.0183. The van der Waals surface area contributed by atoms with Crippen LogP contribution in [0.5, 0.6) is 0 Å². The lowest BCUT2D eigenvalue weighted by molar-refractivity contribution is -0.128. The fourth-order valence-electron chi connectivity index (χ4n) is 3.83. The zero-order valence-corrected chi connectivity index (χ0v) is 17.4. The number of carbonyl (C=O) groups excluding carboxylic acids is 2. The minimum Gasteiger partial charge on any atom is -0.419 e. The lowest BCUT2D eigenvalue weighted by atomic mass is 9.97. The molecule has 2 heterocycles. The van der Waals surface area contributed by atoms with Crippen molar-refractivity contribution >= 4 is 11.8 Å². The zero-order chi connectivity index (χ0) is 21.4. The molecule has 7 heteroatoms. The van der Waals surface area contributed by atoms with Crippen LogP contribution < -0.4 is 5.32 Å². The molecule has 3 aromatic rings. The van der Waals surface area contributed by atoms with Crippen molar-refractivity contribution < 1.29 is 14.0 Å². The number of hydrogen-bond donors (Lipinski definition) is 1. The highest BCUT2D eigenvalue weighted by Crippen LogP contribution is 2.28. The third kappa shape index (κ3) is 4.21. The second kappa shape index (κ2) is 7.98. The molecule has 1 aliphatic heterocycles. The van der Waals surface area contributed by atoms with Gasteiger partial charge in [0.1, 0.15) is 0 Å². The monoisotopic (exact) mass is 416 g/mol. The van der Waals surface area contributed by atoms with Gasteiger partial charge in [-0.1, -0.05) is 18.2 Å². The van der Waals surface area contributed by atoms with Crippen LogP contribution in [0, 0.1) is 6.92 Å². The Hall–Kier alpha value is -3.48. The average molecular weight is 416 g/mol. The van der Waals surface area contributed by atoms with Crippen molar-refractivity contribution in [2.75, 3.05) is 6.54 Å². The van der Waals surface area contributed by atoms with Crippen LogP contribution in [0.4, 0.5) is 0 Å². The molecule has 0 bridgehead atoms. The minimum absolute atomic E-state index is 0.0183. The number of amides is 2. The molecule has 1 N–H and O–H groups in total. The molecule has 2 amide bonds. The van der Waals surface area contributed by atoms with Crippen molar-refractivity contribution in [1.82, 2.24) is 20.4 Å². The molecule has 0 atom stereocenters. The van der Waals surface area contributed by atoms with Gasteiger partial charge < -0.3 is 14.6 Å². The van der Waals surface area contributed by atoms with Crippen LogP contribution in [-0.2, 0) is 11.3 Å². The topological polar surface area (TPSA) is 88.3 Å². The summed E-state index contributed by atoms with van der Waals surface area (Å²) in [5.41, 5.74) is 4.63. The Labute approximate surface area is 180 Å². The van der Waals surface area contributed by atoms with E-state index in [1.807, 2.05) is 49.4 Å². The standard InChI is InChI=1S/C24H24N4O3/c1-15-4-5-18(23(30)25-19-10-11-19)13-20(15)16-6-8-17(9-7-16)24-27-26-21(31-24)14-28-12-2-3-22(28)29/h4-9,13,19H,2-3,10-12,14H2,1H3,(H,25,30). The van der Waals surface area contributed by atoms with E-state index in [0.29, 0.717) is 36.4 Å². The summed E-state index contributed by atoms with van der Waals surface area (Å²) in [6.45, 7) is 3.14. The van der Waals surface area contributed by atoms with E-state index >= 15 is 0 Å². The van der Waals surface area contributed by atoms with Crippen LogP contribution in [0.1, 0.15) is 47.5 Å². The van der Waals surface area contributed by atoms with Gasteiger partial charge in [0.15, 0.2) is 0 Å². The molecule has 0 radical (unpaired) electrons. The maximum absolute atomic E-state index is 12.4. The number of carbonyl (C=O) groups is 2. The van der Waals surface area contributed by atoms with Gasteiger partial charge in [-0.2, -0.15) is 0 Å². The number of likely N-dealkylation sites (tertiary alicyclic amines) is 1. The highest BCUT2D eigenvalue weighted by atomic mass is 16.4. The van der Waals surface area contributed by atoms with Gasteiger partial charge in [0.25, 0.3) is 5.91 Å². The molecule has 0 unspecified atom stereocenters. The van der Waals surface area contributed by atoms with E-state index in [-0.39, 0.29) is 11.8 Å². The number of rotatable bonds is 6. The predicted molar refractivity (Wildman–Crippen MR) is 115 cm³/mol. The van der Waals surface area contributed by atoms with Crippen molar-refractivity contribution in [1.29, 1.82) is 0 Å². The van der Waals surface area contributed by atoms with Crippen LogP contribution >= 0.6 is 0 Å². The molecule has 7 nitrogen and oxygen atoms in total. The fraction of sp³-hybridized carbons (Fsp3) is 0.333. The number of aryl methyl sites for hydroxylation is 1. The van der Waals surface area contributed by atoms with Gasteiger partial charge in [-0.05, 0) is 67.1 Å². The summed E-state index contributed by atoms with van der Waals surface area (Å²) in [4.78, 5) is 25.9. The predicted octanol–water partition coefficient (Wildman–Crippen LogP) is 3.73. The Kier molecular flexibility index (Phi) is 5.02. The summed E-state index contributed by atoms with van der Waals surface area (Å²) in [7, 11) is 0.